The molecule has 0 saturated heterocycles. The van der Waals surface area contributed by atoms with E-state index >= 15 is 0 Å². The van der Waals surface area contributed by atoms with Crippen LogP contribution in [0.15, 0.2) is 18.2 Å². The maximum absolute atomic E-state index is 13.5. The minimum absolute atomic E-state index is 0.191. The molecule has 0 unspecified atom stereocenters. The van der Waals surface area contributed by atoms with Crippen LogP contribution in [0.4, 0.5) is 14.9 Å². The molecule has 0 aliphatic rings. The van der Waals surface area contributed by atoms with Crippen molar-refractivity contribution >= 4 is 39.2 Å². The van der Waals surface area contributed by atoms with Crippen LogP contribution in [-0.4, -0.2) is 26.6 Å². The van der Waals surface area contributed by atoms with Gasteiger partial charge in [0.05, 0.1) is 18.4 Å². The maximum Gasteiger partial charge on any atom is 0.422 e. The number of methoxy groups -OCH3 is 1. The Morgan fingerprint density at radius 2 is 2.11 bits per heavy atom. The number of carbonyl (C=O) groups excluding carboxylic acids is 1. The summed E-state index contributed by atoms with van der Waals surface area (Å²) in [5.74, 6) is -0.786. The van der Waals surface area contributed by atoms with E-state index in [1.807, 2.05) is 4.72 Å². The molecule has 0 atom stereocenters. The highest BCUT2D eigenvalue weighted by Crippen LogP contribution is 2.19. The summed E-state index contributed by atoms with van der Waals surface area (Å²) in [5.41, 5.74) is 4.84. The van der Waals surface area contributed by atoms with Crippen molar-refractivity contribution in [2.75, 3.05) is 11.8 Å². The molecule has 10 heteroatoms. The Hall–Kier alpha value is -1.94. The van der Waals surface area contributed by atoms with Crippen LogP contribution in [0.3, 0.4) is 0 Å². The van der Waals surface area contributed by atoms with Crippen molar-refractivity contribution in [3.05, 3.63) is 29.6 Å². The van der Waals surface area contributed by atoms with Crippen molar-refractivity contribution in [1.82, 2.24) is 4.72 Å². The number of hydrogen-bond acceptors (Lipinski definition) is 5. The molecule has 0 saturated carbocycles. The van der Waals surface area contributed by atoms with Gasteiger partial charge in [0.1, 0.15) is 10.8 Å². The molecule has 7 nitrogen and oxygen atoms in total. The molecular formula is C9H10FN3O4S2. The summed E-state index contributed by atoms with van der Waals surface area (Å²) in [6, 6.07) is 3.57. The summed E-state index contributed by atoms with van der Waals surface area (Å²) in [5, 5.41) is 0. The van der Waals surface area contributed by atoms with E-state index in [0.717, 1.165) is 13.2 Å². The smallest absolute Gasteiger partial charge is 0.422 e. The standard InChI is InChI=1S/C9H10FN3O4S2/c1-17-9(14)13-19(15,16)12-6-4-2-3-5(10)7(6)8(11)18/h2-4,12H,1H3,(H2,11,18)(H,13,14). The second kappa shape index (κ2) is 5.80. The number of carbonyl (C=O) groups is 1. The van der Waals surface area contributed by atoms with Crippen molar-refractivity contribution in [2.45, 2.75) is 0 Å². The molecule has 1 amide bonds. The Morgan fingerprint density at radius 1 is 1.47 bits per heavy atom. The highest BCUT2D eigenvalue weighted by Gasteiger charge is 2.19. The Bertz CT molecular complexity index is 618. The largest absolute Gasteiger partial charge is 0.452 e. The monoisotopic (exact) mass is 307 g/mol. The lowest BCUT2D eigenvalue weighted by molar-refractivity contribution is 0.177. The van der Waals surface area contributed by atoms with Crippen molar-refractivity contribution in [2.24, 2.45) is 5.73 Å². The van der Waals surface area contributed by atoms with Gasteiger partial charge in [-0.3, -0.25) is 4.72 Å². The molecular weight excluding hydrogens is 297 g/mol. The Labute approximate surface area is 114 Å². The zero-order valence-electron chi connectivity index (χ0n) is 9.64. The molecule has 0 fully saturated rings. The van der Waals surface area contributed by atoms with E-state index in [9.17, 15) is 17.6 Å². The van der Waals surface area contributed by atoms with Gasteiger partial charge in [-0.1, -0.05) is 18.3 Å². The fourth-order valence-electron chi connectivity index (χ4n) is 1.18. The normalized spacial score (nSPS) is 10.6. The lowest BCUT2D eigenvalue weighted by Crippen LogP contribution is -2.35. The summed E-state index contributed by atoms with van der Waals surface area (Å²) in [7, 11) is -3.28. The van der Waals surface area contributed by atoms with E-state index < -0.39 is 22.1 Å². The van der Waals surface area contributed by atoms with Gasteiger partial charge in [0.2, 0.25) is 0 Å². The SMILES string of the molecule is COC(=O)NS(=O)(=O)Nc1cccc(F)c1C(N)=S. The van der Waals surface area contributed by atoms with E-state index in [2.05, 4.69) is 17.0 Å². The van der Waals surface area contributed by atoms with Crippen molar-refractivity contribution in [3.63, 3.8) is 0 Å². The first kappa shape index (κ1) is 15.1. The first-order valence-corrected chi connectivity index (χ1v) is 6.63. The number of nitrogens with two attached hydrogens (primary N) is 1. The van der Waals surface area contributed by atoms with Crippen molar-refractivity contribution in [3.8, 4) is 0 Å². The molecule has 19 heavy (non-hydrogen) atoms. The lowest BCUT2D eigenvalue weighted by atomic mass is 10.2. The van der Waals surface area contributed by atoms with Gasteiger partial charge in [0.25, 0.3) is 0 Å². The molecule has 0 heterocycles. The quantitative estimate of drug-likeness (QED) is 0.698. The molecule has 0 aliphatic heterocycles. The molecule has 0 radical (unpaired) electrons. The highest BCUT2D eigenvalue weighted by atomic mass is 32.2. The lowest BCUT2D eigenvalue weighted by Gasteiger charge is -2.12. The number of thiocarbonyl (C=S) groups is 1. The zero-order chi connectivity index (χ0) is 14.6. The van der Waals surface area contributed by atoms with Crippen LogP contribution >= 0.6 is 12.2 Å². The van der Waals surface area contributed by atoms with E-state index in [0.29, 0.717) is 0 Å². The van der Waals surface area contributed by atoms with Crippen LogP contribution in [0.25, 0.3) is 0 Å². The summed E-state index contributed by atoms with van der Waals surface area (Å²) in [6.45, 7) is 0. The molecule has 1 aromatic rings. The van der Waals surface area contributed by atoms with Gasteiger partial charge in [0.15, 0.2) is 0 Å². The summed E-state index contributed by atoms with van der Waals surface area (Å²) >= 11 is 4.63. The summed E-state index contributed by atoms with van der Waals surface area (Å²) < 4.78 is 44.1. The van der Waals surface area contributed by atoms with Gasteiger partial charge in [-0.25, -0.2) is 13.9 Å². The van der Waals surface area contributed by atoms with Gasteiger partial charge in [-0.2, -0.15) is 8.42 Å². The van der Waals surface area contributed by atoms with Crippen LogP contribution in [-0.2, 0) is 14.9 Å². The van der Waals surface area contributed by atoms with Crippen LogP contribution < -0.4 is 15.2 Å². The maximum atomic E-state index is 13.5. The molecule has 0 aromatic heterocycles. The van der Waals surface area contributed by atoms with E-state index in [1.165, 1.54) is 16.9 Å². The number of hydrogen-bond donors (Lipinski definition) is 3. The number of halogens is 1. The molecule has 1 aromatic carbocycles. The van der Waals surface area contributed by atoms with Gasteiger partial charge < -0.3 is 10.5 Å². The molecule has 0 spiro atoms. The average molecular weight is 307 g/mol. The fraction of sp³-hybridized carbons (Fsp3) is 0.111. The Morgan fingerprint density at radius 3 is 2.63 bits per heavy atom. The number of ether oxygens (including phenoxy) is 1. The molecule has 1 rings (SSSR count). The second-order valence-corrected chi connectivity index (χ2v) is 5.08. The van der Waals surface area contributed by atoms with Gasteiger partial charge in [0, 0.05) is 0 Å². The van der Waals surface area contributed by atoms with Gasteiger partial charge >= 0.3 is 16.3 Å². The van der Waals surface area contributed by atoms with E-state index in [1.54, 1.807) is 0 Å². The fourth-order valence-corrected chi connectivity index (χ4v) is 2.20. The molecule has 4 N–H and O–H groups in total. The topological polar surface area (TPSA) is 111 Å². The van der Waals surface area contributed by atoms with Gasteiger partial charge in [-0.05, 0) is 12.1 Å². The third-order valence-corrected chi connectivity index (χ3v) is 3.04. The van der Waals surface area contributed by atoms with Gasteiger partial charge in [-0.15, -0.1) is 0 Å². The minimum Gasteiger partial charge on any atom is -0.452 e. The first-order chi connectivity index (χ1) is 8.76. The predicted octanol–water partition coefficient (Wildman–Crippen LogP) is 0.473. The Balaban J connectivity index is 3.10. The van der Waals surface area contributed by atoms with Crippen LogP contribution in [0.1, 0.15) is 5.56 Å². The number of benzene rings is 1. The van der Waals surface area contributed by atoms with Crippen molar-refractivity contribution in [1.29, 1.82) is 0 Å². The highest BCUT2D eigenvalue weighted by molar-refractivity contribution is 7.91. The second-order valence-electron chi connectivity index (χ2n) is 3.23. The summed E-state index contributed by atoms with van der Waals surface area (Å²) in [4.78, 5) is 10.5. The van der Waals surface area contributed by atoms with Crippen LogP contribution in [0.2, 0.25) is 0 Å². The zero-order valence-corrected chi connectivity index (χ0v) is 11.3. The Kier molecular flexibility index (Phi) is 4.62. The minimum atomic E-state index is -4.28. The number of rotatable bonds is 4. The summed E-state index contributed by atoms with van der Waals surface area (Å²) in [6.07, 6.45) is -1.19. The number of nitrogens with one attached hydrogen (secondary N) is 2. The van der Waals surface area contributed by atoms with Crippen LogP contribution in [0, 0.1) is 5.82 Å². The first-order valence-electron chi connectivity index (χ1n) is 4.73. The number of amides is 1. The van der Waals surface area contributed by atoms with E-state index in [4.69, 9.17) is 5.73 Å². The van der Waals surface area contributed by atoms with Crippen LogP contribution in [0.5, 0.6) is 0 Å². The molecule has 104 valence electrons. The third kappa shape index (κ3) is 4.03. The third-order valence-electron chi connectivity index (χ3n) is 1.91. The predicted molar refractivity (Wildman–Crippen MR) is 70.4 cm³/mol. The number of anilines is 1. The molecule has 0 bridgehead atoms. The van der Waals surface area contributed by atoms with Crippen molar-refractivity contribution < 1.29 is 22.3 Å². The molecule has 0 aliphatic carbocycles. The average Bonchev–Trinajstić information content (AvgIpc) is 2.26. The van der Waals surface area contributed by atoms with E-state index in [-0.39, 0.29) is 16.2 Å².